The molecule has 4 rings (SSSR count). The number of rotatable bonds is 6. The summed E-state index contributed by atoms with van der Waals surface area (Å²) >= 11 is 0. The Morgan fingerprint density at radius 2 is 1.87 bits per heavy atom. The van der Waals surface area contributed by atoms with E-state index in [2.05, 4.69) is 5.32 Å². The van der Waals surface area contributed by atoms with Crippen molar-refractivity contribution >= 4 is 27.7 Å². The van der Waals surface area contributed by atoms with E-state index < -0.39 is 51.6 Å². The van der Waals surface area contributed by atoms with Crippen molar-refractivity contribution in [1.82, 2.24) is 15.1 Å². The SMILES string of the molecule is CC[C@]1(c2ccc(F)cc2)NC(=O)N(CC(=O)N(C2CC2)[C@H]2CCS(=O)(=O)C2)C1=O. The third-order valence-electron chi connectivity index (χ3n) is 6.17. The van der Waals surface area contributed by atoms with Crippen LogP contribution in [-0.4, -0.2) is 66.2 Å². The zero-order valence-electron chi connectivity index (χ0n) is 16.6. The minimum atomic E-state index is -3.17. The first-order valence-electron chi connectivity index (χ1n) is 10.1. The smallest absolute Gasteiger partial charge is 0.325 e. The fourth-order valence-corrected chi connectivity index (χ4v) is 6.12. The lowest BCUT2D eigenvalue weighted by atomic mass is 9.87. The van der Waals surface area contributed by atoms with Crippen LogP contribution < -0.4 is 5.32 Å². The first kappa shape index (κ1) is 20.8. The van der Waals surface area contributed by atoms with Gasteiger partial charge in [0.2, 0.25) is 5.91 Å². The van der Waals surface area contributed by atoms with Crippen molar-refractivity contribution in [2.24, 2.45) is 0 Å². The van der Waals surface area contributed by atoms with Gasteiger partial charge in [-0.1, -0.05) is 19.1 Å². The van der Waals surface area contributed by atoms with E-state index >= 15 is 0 Å². The number of amides is 4. The highest BCUT2D eigenvalue weighted by atomic mass is 32.2. The molecular weight excluding hydrogens is 413 g/mol. The summed E-state index contributed by atoms with van der Waals surface area (Å²) in [5.74, 6) is -1.48. The molecule has 0 unspecified atom stereocenters. The van der Waals surface area contributed by atoms with Gasteiger partial charge < -0.3 is 10.2 Å². The van der Waals surface area contributed by atoms with Gasteiger partial charge in [0.05, 0.1) is 11.5 Å². The van der Waals surface area contributed by atoms with E-state index in [0.29, 0.717) is 12.0 Å². The largest absolute Gasteiger partial charge is 0.334 e. The number of nitrogens with one attached hydrogen (secondary N) is 1. The van der Waals surface area contributed by atoms with Gasteiger partial charge in [0.15, 0.2) is 9.84 Å². The molecule has 2 heterocycles. The average Bonchev–Trinajstić information content (AvgIpc) is 3.42. The number of carbonyl (C=O) groups excluding carboxylic acids is 3. The highest BCUT2D eigenvalue weighted by molar-refractivity contribution is 7.91. The standard InChI is InChI=1S/C20H24FN3O5S/c1-2-20(13-3-5-14(21)6-4-13)18(26)23(19(27)22-20)11-17(25)24(15-7-8-15)16-9-10-30(28,29)12-16/h3-6,15-16H,2,7-12H2,1H3,(H,22,27)/t16-,20+/m0/s1. The maximum absolute atomic E-state index is 13.3. The van der Waals surface area contributed by atoms with E-state index in [9.17, 15) is 27.2 Å². The van der Waals surface area contributed by atoms with E-state index in [1.54, 1.807) is 11.8 Å². The molecule has 1 aliphatic carbocycles. The zero-order valence-corrected chi connectivity index (χ0v) is 17.5. The minimum Gasteiger partial charge on any atom is -0.334 e. The normalized spacial score (nSPS) is 27.9. The fourth-order valence-electron chi connectivity index (χ4n) is 4.41. The summed E-state index contributed by atoms with van der Waals surface area (Å²) in [6.45, 7) is 1.29. The molecule has 30 heavy (non-hydrogen) atoms. The molecular formula is C20H24FN3O5S. The van der Waals surface area contributed by atoms with Gasteiger partial charge in [-0.05, 0) is 43.4 Å². The predicted molar refractivity (Wildman–Crippen MR) is 106 cm³/mol. The molecule has 3 fully saturated rings. The molecule has 0 aromatic heterocycles. The van der Waals surface area contributed by atoms with Crippen LogP contribution in [0.5, 0.6) is 0 Å². The number of imide groups is 1. The van der Waals surface area contributed by atoms with Crippen LogP contribution in [0.15, 0.2) is 24.3 Å². The Balaban J connectivity index is 1.55. The van der Waals surface area contributed by atoms with Gasteiger partial charge in [-0.3, -0.25) is 14.5 Å². The summed E-state index contributed by atoms with van der Waals surface area (Å²) in [6, 6.07) is 4.19. The zero-order chi connectivity index (χ0) is 21.7. The quantitative estimate of drug-likeness (QED) is 0.673. The van der Waals surface area contributed by atoms with Crippen LogP contribution in [-0.2, 0) is 25.0 Å². The van der Waals surface area contributed by atoms with Gasteiger partial charge in [0.1, 0.15) is 17.9 Å². The molecule has 2 atom stereocenters. The average molecular weight is 437 g/mol. The summed E-state index contributed by atoms with van der Waals surface area (Å²) in [5.41, 5.74) is -0.910. The van der Waals surface area contributed by atoms with Crippen LogP contribution in [0.2, 0.25) is 0 Å². The summed E-state index contributed by atoms with van der Waals surface area (Å²) in [6.07, 6.45) is 2.19. The molecule has 0 spiro atoms. The van der Waals surface area contributed by atoms with Crippen molar-refractivity contribution in [3.05, 3.63) is 35.6 Å². The second kappa shape index (κ2) is 7.33. The number of hydrogen-bond donors (Lipinski definition) is 1. The van der Waals surface area contributed by atoms with E-state index in [1.807, 2.05) is 0 Å². The van der Waals surface area contributed by atoms with Gasteiger partial charge in [0, 0.05) is 12.1 Å². The minimum absolute atomic E-state index is 0.0374. The summed E-state index contributed by atoms with van der Waals surface area (Å²) in [4.78, 5) is 41.3. The second-order valence-corrected chi connectivity index (χ2v) is 10.4. The van der Waals surface area contributed by atoms with E-state index in [0.717, 1.165) is 17.7 Å². The van der Waals surface area contributed by atoms with E-state index in [1.165, 1.54) is 24.3 Å². The highest BCUT2D eigenvalue weighted by Gasteiger charge is 2.52. The van der Waals surface area contributed by atoms with Crippen LogP contribution in [0.25, 0.3) is 0 Å². The molecule has 3 aliphatic rings. The lowest BCUT2D eigenvalue weighted by Crippen LogP contribution is -2.49. The molecule has 1 aromatic rings. The predicted octanol–water partition coefficient (Wildman–Crippen LogP) is 1.16. The van der Waals surface area contributed by atoms with E-state index in [-0.39, 0.29) is 24.0 Å². The summed E-state index contributed by atoms with van der Waals surface area (Å²) in [5, 5.41) is 2.67. The molecule has 162 valence electrons. The Morgan fingerprint density at radius 3 is 2.40 bits per heavy atom. The molecule has 1 aromatic carbocycles. The van der Waals surface area contributed by atoms with Crippen LogP contribution in [0.4, 0.5) is 9.18 Å². The lowest BCUT2D eigenvalue weighted by Gasteiger charge is -2.30. The maximum Gasteiger partial charge on any atom is 0.325 e. The van der Waals surface area contributed by atoms with Crippen LogP contribution in [0.1, 0.15) is 38.2 Å². The van der Waals surface area contributed by atoms with Crippen molar-refractivity contribution in [2.45, 2.75) is 50.2 Å². The molecule has 1 N–H and O–H groups in total. The third kappa shape index (κ3) is 3.57. The van der Waals surface area contributed by atoms with Crippen LogP contribution >= 0.6 is 0 Å². The Morgan fingerprint density at radius 1 is 1.20 bits per heavy atom. The Labute approximate surface area is 174 Å². The molecule has 2 aliphatic heterocycles. The van der Waals surface area contributed by atoms with Crippen molar-refractivity contribution in [3.8, 4) is 0 Å². The summed E-state index contributed by atoms with van der Waals surface area (Å²) in [7, 11) is -3.17. The Hall–Kier alpha value is -2.49. The number of carbonyl (C=O) groups is 3. The van der Waals surface area contributed by atoms with E-state index in [4.69, 9.17) is 0 Å². The van der Waals surface area contributed by atoms with Crippen molar-refractivity contribution < 1.29 is 27.2 Å². The van der Waals surface area contributed by atoms with Crippen LogP contribution in [0.3, 0.4) is 0 Å². The molecule has 10 heteroatoms. The van der Waals surface area contributed by atoms with Crippen molar-refractivity contribution in [3.63, 3.8) is 0 Å². The number of benzene rings is 1. The number of sulfone groups is 1. The van der Waals surface area contributed by atoms with Crippen molar-refractivity contribution in [1.29, 1.82) is 0 Å². The van der Waals surface area contributed by atoms with Gasteiger partial charge in [0.25, 0.3) is 5.91 Å². The number of halogens is 1. The van der Waals surface area contributed by atoms with Crippen molar-refractivity contribution in [2.75, 3.05) is 18.1 Å². The molecule has 4 amide bonds. The molecule has 2 saturated heterocycles. The van der Waals surface area contributed by atoms with Gasteiger partial charge in [-0.2, -0.15) is 0 Å². The number of urea groups is 1. The first-order chi connectivity index (χ1) is 14.2. The number of nitrogens with zero attached hydrogens (tertiary/aromatic N) is 2. The first-order valence-corrected chi connectivity index (χ1v) is 11.9. The monoisotopic (exact) mass is 437 g/mol. The number of hydrogen-bond acceptors (Lipinski definition) is 5. The lowest BCUT2D eigenvalue weighted by molar-refractivity contribution is -0.140. The molecule has 8 nitrogen and oxygen atoms in total. The highest BCUT2D eigenvalue weighted by Crippen LogP contribution is 2.35. The van der Waals surface area contributed by atoms with Gasteiger partial charge in [-0.15, -0.1) is 0 Å². The van der Waals surface area contributed by atoms with Crippen LogP contribution in [0, 0.1) is 5.82 Å². The maximum atomic E-state index is 13.3. The summed E-state index contributed by atoms with van der Waals surface area (Å²) < 4.78 is 37.1. The van der Waals surface area contributed by atoms with Gasteiger partial charge >= 0.3 is 6.03 Å². The Bertz CT molecular complexity index is 992. The van der Waals surface area contributed by atoms with Gasteiger partial charge in [-0.25, -0.2) is 17.6 Å². The topological polar surface area (TPSA) is 104 Å². The molecule has 1 saturated carbocycles. The molecule has 0 radical (unpaired) electrons. The molecule has 0 bridgehead atoms. The third-order valence-corrected chi connectivity index (χ3v) is 7.92. The second-order valence-electron chi connectivity index (χ2n) is 8.18. The fraction of sp³-hybridized carbons (Fsp3) is 0.550. The Kier molecular flexibility index (Phi) is 5.08.